The van der Waals surface area contributed by atoms with Gasteiger partial charge in [-0.05, 0) is 57.3 Å². The highest BCUT2D eigenvalue weighted by atomic mass is 15.2. The lowest BCUT2D eigenvalue weighted by molar-refractivity contribution is 0.0694. The molecule has 2 fully saturated rings. The molecule has 0 bridgehead atoms. The van der Waals surface area contributed by atoms with Crippen molar-refractivity contribution >= 4 is 0 Å². The third-order valence-electron chi connectivity index (χ3n) is 5.82. The summed E-state index contributed by atoms with van der Waals surface area (Å²) in [6.07, 6.45) is 8.45. The molecule has 1 saturated carbocycles. The van der Waals surface area contributed by atoms with Crippen LogP contribution in [0.25, 0.3) is 0 Å². The average Bonchev–Trinajstić information content (AvgIpc) is 2.56. The first-order valence-corrected chi connectivity index (χ1v) is 9.20. The minimum Gasteiger partial charge on any atom is -0.300 e. The van der Waals surface area contributed by atoms with Gasteiger partial charge in [-0.1, -0.05) is 50.1 Å². The Bertz CT molecular complexity index is 436. The lowest BCUT2D eigenvalue weighted by atomic mass is 9.85. The molecule has 1 aliphatic heterocycles. The van der Waals surface area contributed by atoms with E-state index in [0.717, 1.165) is 24.5 Å². The van der Waals surface area contributed by atoms with Crippen LogP contribution in [0.2, 0.25) is 0 Å². The summed E-state index contributed by atoms with van der Waals surface area (Å²) in [6.45, 7) is 6.14. The number of nitrogens with zero attached hydrogens (tertiary/aromatic N) is 2. The highest BCUT2D eigenvalue weighted by Gasteiger charge is 2.29. The summed E-state index contributed by atoms with van der Waals surface area (Å²) in [5, 5.41) is 0. The molecule has 1 aromatic carbocycles. The van der Waals surface area contributed by atoms with Gasteiger partial charge in [-0.25, -0.2) is 0 Å². The zero-order valence-corrected chi connectivity index (χ0v) is 14.4. The molecular formula is C20H32N2. The SMILES string of the molecule is C[C@H]1CCC[C@@H](N2CCC(N(C)Cc3ccccc3)CC2)C1. The fourth-order valence-corrected chi connectivity index (χ4v) is 4.43. The van der Waals surface area contributed by atoms with E-state index < -0.39 is 0 Å². The smallest absolute Gasteiger partial charge is 0.0233 e. The lowest BCUT2D eigenvalue weighted by Gasteiger charge is -2.42. The third-order valence-corrected chi connectivity index (χ3v) is 5.82. The third kappa shape index (κ3) is 4.11. The van der Waals surface area contributed by atoms with Gasteiger partial charge in [0.05, 0.1) is 0 Å². The Hall–Kier alpha value is -0.860. The van der Waals surface area contributed by atoms with Gasteiger partial charge >= 0.3 is 0 Å². The maximum Gasteiger partial charge on any atom is 0.0233 e. The molecule has 0 radical (unpaired) electrons. The van der Waals surface area contributed by atoms with E-state index in [1.807, 2.05) is 0 Å². The predicted molar refractivity (Wildman–Crippen MR) is 93.9 cm³/mol. The van der Waals surface area contributed by atoms with Crippen molar-refractivity contribution < 1.29 is 0 Å². The molecule has 1 heterocycles. The van der Waals surface area contributed by atoms with Gasteiger partial charge in [0, 0.05) is 18.6 Å². The van der Waals surface area contributed by atoms with Crippen LogP contribution in [-0.4, -0.2) is 42.0 Å². The minimum atomic E-state index is 0.762. The first kappa shape index (κ1) is 16.0. The lowest BCUT2D eigenvalue weighted by Crippen LogP contribution is -2.48. The summed E-state index contributed by atoms with van der Waals surface area (Å²) < 4.78 is 0. The standard InChI is InChI=1S/C20H32N2/c1-17-7-6-10-20(15-17)22-13-11-19(12-14-22)21(2)16-18-8-4-3-5-9-18/h3-5,8-9,17,19-20H,6-7,10-16H2,1-2H3/t17-,20+/m0/s1. The fourth-order valence-electron chi connectivity index (χ4n) is 4.43. The van der Waals surface area contributed by atoms with Crippen LogP contribution < -0.4 is 0 Å². The van der Waals surface area contributed by atoms with Gasteiger partial charge in [-0.15, -0.1) is 0 Å². The highest BCUT2D eigenvalue weighted by Crippen LogP contribution is 2.29. The summed E-state index contributed by atoms with van der Waals surface area (Å²) in [6, 6.07) is 12.5. The molecule has 122 valence electrons. The van der Waals surface area contributed by atoms with Gasteiger partial charge in [0.15, 0.2) is 0 Å². The van der Waals surface area contributed by atoms with Crippen LogP contribution in [0.4, 0.5) is 0 Å². The first-order chi connectivity index (χ1) is 10.7. The fraction of sp³-hybridized carbons (Fsp3) is 0.700. The Morgan fingerprint density at radius 1 is 1.05 bits per heavy atom. The Balaban J connectivity index is 1.47. The summed E-state index contributed by atoms with van der Waals surface area (Å²) in [5.41, 5.74) is 1.44. The van der Waals surface area contributed by atoms with E-state index in [9.17, 15) is 0 Å². The molecule has 1 aromatic rings. The number of hydrogen-bond donors (Lipinski definition) is 0. The van der Waals surface area contributed by atoms with Gasteiger partial charge in [0.2, 0.25) is 0 Å². The van der Waals surface area contributed by atoms with E-state index >= 15 is 0 Å². The molecule has 2 atom stereocenters. The molecule has 2 nitrogen and oxygen atoms in total. The second-order valence-corrected chi connectivity index (χ2v) is 7.59. The van der Waals surface area contributed by atoms with Gasteiger partial charge < -0.3 is 4.90 Å². The summed E-state index contributed by atoms with van der Waals surface area (Å²) in [5.74, 6) is 0.942. The Labute approximate surface area is 136 Å². The van der Waals surface area contributed by atoms with Gasteiger partial charge in [0.25, 0.3) is 0 Å². The molecule has 0 aromatic heterocycles. The maximum absolute atomic E-state index is 2.79. The van der Waals surface area contributed by atoms with Crippen molar-refractivity contribution in [1.82, 2.24) is 9.80 Å². The van der Waals surface area contributed by atoms with Crippen LogP contribution in [0.1, 0.15) is 51.0 Å². The monoisotopic (exact) mass is 300 g/mol. The Morgan fingerprint density at radius 3 is 2.45 bits per heavy atom. The Morgan fingerprint density at radius 2 is 1.77 bits per heavy atom. The van der Waals surface area contributed by atoms with E-state index in [2.05, 4.69) is 54.1 Å². The summed E-state index contributed by atoms with van der Waals surface area (Å²) >= 11 is 0. The normalized spacial score (nSPS) is 28.1. The van der Waals surface area contributed by atoms with E-state index in [0.29, 0.717) is 0 Å². The number of likely N-dealkylation sites (tertiary alicyclic amines) is 1. The van der Waals surface area contributed by atoms with Crippen LogP contribution in [0.3, 0.4) is 0 Å². The molecule has 0 spiro atoms. The maximum atomic E-state index is 2.79. The van der Waals surface area contributed by atoms with Crippen molar-refractivity contribution in [2.75, 3.05) is 20.1 Å². The van der Waals surface area contributed by atoms with Crippen molar-refractivity contribution in [3.05, 3.63) is 35.9 Å². The van der Waals surface area contributed by atoms with E-state index in [1.54, 1.807) is 0 Å². The van der Waals surface area contributed by atoms with Gasteiger partial charge in [-0.3, -0.25) is 4.90 Å². The van der Waals surface area contributed by atoms with E-state index in [4.69, 9.17) is 0 Å². The van der Waals surface area contributed by atoms with Crippen molar-refractivity contribution in [2.45, 2.75) is 64.1 Å². The molecule has 3 rings (SSSR count). The number of benzene rings is 1. The van der Waals surface area contributed by atoms with E-state index in [1.165, 1.54) is 57.2 Å². The molecule has 0 unspecified atom stereocenters. The van der Waals surface area contributed by atoms with Crippen LogP contribution in [0.15, 0.2) is 30.3 Å². The van der Waals surface area contributed by atoms with Gasteiger partial charge in [0.1, 0.15) is 0 Å². The quantitative estimate of drug-likeness (QED) is 0.824. The van der Waals surface area contributed by atoms with Crippen molar-refractivity contribution in [1.29, 1.82) is 0 Å². The van der Waals surface area contributed by atoms with Crippen LogP contribution in [0.5, 0.6) is 0 Å². The average molecular weight is 300 g/mol. The van der Waals surface area contributed by atoms with Crippen molar-refractivity contribution in [3.8, 4) is 0 Å². The summed E-state index contributed by atoms with van der Waals surface area (Å²) in [4.78, 5) is 5.36. The van der Waals surface area contributed by atoms with Gasteiger partial charge in [-0.2, -0.15) is 0 Å². The van der Waals surface area contributed by atoms with Crippen LogP contribution >= 0.6 is 0 Å². The predicted octanol–water partition coefficient (Wildman–Crippen LogP) is 4.16. The number of rotatable bonds is 4. The molecular weight excluding hydrogens is 268 g/mol. The molecule has 1 saturated heterocycles. The topological polar surface area (TPSA) is 6.48 Å². The minimum absolute atomic E-state index is 0.762. The number of piperidine rings is 1. The largest absolute Gasteiger partial charge is 0.300 e. The molecule has 2 aliphatic rings. The number of hydrogen-bond acceptors (Lipinski definition) is 2. The molecule has 1 aliphatic carbocycles. The summed E-state index contributed by atoms with van der Waals surface area (Å²) in [7, 11) is 2.30. The molecule has 2 heteroatoms. The van der Waals surface area contributed by atoms with E-state index in [-0.39, 0.29) is 0 Å². The zero-order chi connectivity index (χ0) is 15.4. The molecule has 0 amide bonds. The first-order valence-electron chi connectivity index (χ1n) is 9.20. The highest BCUT2D eigenvalue weighted by molar-refractivity contribution is 5.14. The second-order valence-electron chi connectivity index (χ2n) is 7.59. The van der Waals surface area contributed by atoms with Crippen LogP contribution in [0, 0.1) is 5.92 Å². The molecule has 22 heavy (non-hydrogen) atoms. The van der Waals surface area contributed by atoms with Crippen molar-refractivity contribution in [3.63, 3.8) is 0 Å². The van der Waals surface area contributed by atoms with Crippen LogP contribution in [-0.2, 0) is 6.54 Å². The molecule has 0 N–H and O–H groups in total. The van der Waals surface area contributed by atoms with Crippen molar-refractivity contribution in [2.24, 2.45) is 5.92 Å². The Kier molecular flexibility index (Phi) is 5.54. The second kappa shape index (κ2) is 7.61. The zero-order valence-electron chi connectivity index (χ0n) is 14.4.